The van der Waals surface area contributed by atoms with E-state index >= 15 is 0 Å². The van der Waals surface area contributed by atoms with Crippen molar-refractivity contribution in [2.75, 3.05) is 13.2 Å². The maximum absolute atomic E-state index is 13.3. The van der Waals surface area contributed by atoms with E-state index in [1.165, 1.54) is 5.56 Å². The molecule has 2 aliphatic heterocycles. The number of nitrogens with one attached hydrogen (secondary N) is 1. The molecule has 1 aromatic carbocycles. The first-order chi connectivity index (χ1) is 14.8. The lowest BCUT2D eigenvalue weighted by Gasteiger charge is -2.39. The molecular weight excluding hydrogens is 390 g/mol. The van der Waals surface area contributed by atoms with Gasteiger partial charge in [0, 0.05) is 35.9 Å². The maximum atomic E-state index is 13.3. The summed E-state index contributed by atoms with van der Waals surface area (Å²) in [5.74, 6) is -0.655. The molecule has 0 amide bonds. The smallest absolute Gasteiger partial charge is 0.336 e. The minimum absolute atomic E-state index is 0.0319. The molecule has 1 saturated heterocycles. The Kier molecular flexibility index (Phi) is 6.07. The summed E-state index contributed by atoms with van der Waals surface area (Å²) in [5.41, 5.74) is 5.06. The highest BCUT2D eigenvalue weighted by molar-refractivity contribution is 6.04. The van der Waals surface area contributed by atoms with E-state index < -0.39 is 5.92 Å². The Morgan fingerprint density at radius 2 is 1.97 bits per heavy atom. The van der Waals surface area contributed by atoms with Crippen LogP contribution in [0.1, 0.15) is 70.4 Å². The van der Waals surface area contributed by atoms with E-state index in [0.717, 1.165) is 54.8 Å². The summed E-state index contributed by atoms with van der Waals surface area (Å²) in [5, 5.41) is 3.39. The molecule has 1 fully saturated rings. The van der Waals surface area contributed by atoms with Crippen LogP contribution in [0.4, 0.5) is 0 Å². The first-order valence-electron chi connectivity index (χ1n) is 11.4. The van der Waals surface area contributed by atoms with Crippen LogP contribution in [-0.4, -0.2) is 31.1 Å². The molecule has 2 atom stereocenters. The number of Topliss-reactive ketones (excluding diaryl/α,β-unsaturated/α-hetero) is 1. The molecule has 0 unspecified atom stereocenters. The van der Waals surface area contributed by atoms with Crippen molar-refractivity contribution in [2.45, 2.75) is 71.8 Å². The third kappa shape index (κ3) is 4.47. The summed E-state index contributed by atoms with van der Waals surface area (Å²) in [6.07, 6.45) is 4.09. The van der Waals surface area contributed by atoms with E-state index in [-0.39, 0.29) is 29.9 Å². The average molecular weight is 424 g/mol. The fraction of sp³-hybridized carbons (Fsp3) is 0.538. The minimum Gasteiger partial charge on any atom is -0.459 e. The molecule has 0 aromatic heterocycles. The monoisotopic (exact) mass is 423 g/mol. The number of ketones is 1. The molecule has 31 heavy (non-hydrogen) atoms. The molecule has 1 N–H and O–H groups in total. The van der Waals surface area contributed by atoms with Gasteiger partial charge in [0.2, 0.25) is 0 Å². The van der Waals surface area contributed by atoms with E-state index in [1.807, 2.05) is 19.1 Å². The van der Waals surface area contributed by atoms with E-state index in [1.54, 1.807) is 0 Å². The molecule has 3 aliphatic rings. The summed E-state index contributed by atoms with van der Waals surface area (Å²) in [7, 11) is 0. The number of allylic oxidation sites excluding steroid dienone is 3. The Bertz CT molecular complexity index is 933. The Labute approximate surface area is 184 Å². The number of benzene rings is 1. The number of esters is 1. The highest BCUT2D eigenvalue weighted by Gasteiger charge is 2.43. The van der Waals surface area contributed by atoms with Crippen LogP contribution in [0.2, 0.25) is 0 Å². The van der Waals surface area contributed by atoms with Crippen molar-refractivity contribution in [1.29, 1.82) is 0 Å². The first-order valence-corrected chi connectivity index (χ1v) is 11.4. The predicted octanol–water partition coefficient (Wildman–Crippen LogP) is 4.58. The fourth-order valence-corrected chi connectivity index (χ4v) is 5.01. The second-order valence-corrected chi connectivity index (χ2v) is 9.76. The SMILES string of the molecule is CCc1ccc([C@@H]2C(C(=O)OC[C@@H]3CCCO3)=C(C)NC3=C2C(=O)CC(C)(C)C3)cc1. The van der Waals surface area contributed by atoms with Gasteiger partial charge < -0.3 is 14.8 Å². The lowest BCUT2D eigenvalue weighted by atomic mass is 9.68. The topological polar surface area (TPSA) is 64.6 Å². The van der Waals surface area contributed by atoms with Gasteiger partial charge in [0.05, 0.1) is 11.7 Å². The largest absolute Gasteiger partial charge is 0.459 e. The van der Waals surface area contributed by atoms with Crippen LogP contribution in [-0.2, 0) is 25.5 Å². The van der Waals surface area contributed by atoms with Crippen molar-refractivity contribution in [3.8, 4) is 0 Å². The highest BCUT2D eigenvalue weighted by Crippen LogP contribution is 2.46. The minimum atomic E-state index is -0.400. The van der Waals surface area contributed by atoms with Gasteiger partial charge in [-0.3, -0.25) is 4.79 Å². The Balaban J connectivity index is 1.71. The van der Waals surface area contributed by atoms with Crippen LogP contribution in [0.5, 0.6) is 0 Å². The van der Waals surface area contributed by atoms with E-state index in [4.69, 9.17) is 9.47 Å². The predicted molar refractivity (Wildman–Crippen MR) is 119 cm³/mol. The standard InChI is InChI=1S/C26H33NO4/c1-5-17-8-10-18(11-9-17)23-22(25(29)31-15-19-7-6-12-30-19)16(2)27-20-13-26(3,4)14-21(28)24(20)23/h8-11,19,23,27H,5-7,12-15H2,1-4H3/t19-,23+/m0/s1. The second kappa shape index (κ2) is 8.62. The van der Waals surface area contributed by atoms with Gasteiger partial charge in [0.15, 0.2) is 5.78 Å². The molecule has 4 rings (SSSR count). The van der Waals surface area contributed by atoms with Crippen molar-refractivity contribution in [2.24, 2.45) is 5.41 Å². The number of ether oxygens (including phenoxy) is 2. The van der Waals surface area contributed by atoms with Crippen LogP contribution < -0.4 is 5.32 Å². The number of hydrogen-bond donors (Lipinski definition) is 1. The number of rotatable bonds is 5. The quantitative estimate of drug-likeness (QED) is 0.703. The summed E-state index contributed by atoms with van der Waals surface area (Å²) >= 11 is 0. The van der Waals surface area contributed by atoms with Crippen LogP contribution in [0.15, 0.2) is 46.8 Å². The number of hydrogen-bond acceptors (Lipinski definition) is 5. The Morgan fingerprint density at radius 1 is 1.23 bits per heavy atom. The molecule has 5 nitrogen and oxygen atoms in total. The summed E-state index contributed by atoms with van der Waals surface area (Å²) < 4.78 is 11.3. The van der Waals surface area contributed by atoms with Gasteiger partial charge >= 0.3 is 5.97 Å². The normalized spacial score (nSPS) is 25.4. The van der Waals surface area contributed by atoms with Crippen molar-refractivity contribution in [3.05, 3.63) is 57.9 Å². The zero-order valence-corrected chi connectivity index (χ0v) is 19.0. The molecule has 0 saturated carbocycles. The van der Waals surface area contributed by atoms with Gasteiger partial charge in [-0.25, -0.2) is 4.79 Å². The number of dihydropyridines is 1. The third-order valence-corrected chi connectivity index (χ3v) is 6.61. The molecule has 0 spiro atoms. The second-order valence-electron chi connectivity index (χ2n) is 9.76. The zero-order valence-electron chi connectivity index (χ0n) is 19.0. The number of carbonyl (C=O) groups excluding carboxylic acids is 2. The maximum Gasteiger partial charge on any atom is 0.336 e. The number of aryl methyl sites for hydroxylation is 1. The van der Waals surface area contributed by atoms with Gasteiger partial charge in [-0.15, -0.1) is 0 Å². The van der Waals surface area contributed by atoms with E-state index in [2.05, 4.69) is 38.2 Å². The lowest BCUT2D eigenvalue weighted by molar-refractivity contribution is -0.142. The molecule has 166 valence electrons. The van der Waals surface area contributed by atoms with E-state index in [0.29, 0.717) is 12.0 Å². The van der Waals surface area contributed by atoms with Gasteiger partial charge in [-0.05, 0) is 49.1 Å². The molecule has 2 heterocycles. The molecule has 0 bridgehead atoms. The molecule has 5 heteroatoms. The van der Waals surface area contributed by atoms with Crippen molar-refractivity contribution in [1.82, 2.24) is 5.32 Å². The van der Waals surface area contributed by atoms with Crippen LogP contribution in [0.3, 0.4) is 0 Å². The van der Waals surface area contributed by atoms with Gasteiger partial charge in [-0.1, -0.05) is 45.0 Å². The summed E-state index contributed by atoms with van der Waals surface area (Å²) in [6.45, 7) is 9.23. The van der Waals surface area contributed by atoms with Crippen LogP contribution in [0, 0.1) is 5.41 Å². The molecular formula is C26H33NO4. The summed E-state index contributed by atoms with van der Waals surface area (Å²) in [6, 6.07) is 8.26. The van der Waals surface area contributed by atoms with Gasteiger partial charge in [-0.2, -0.15) is 0 Å². The van der Waals surface area contributed by atoms with Crippen molar-refractivity contribution in [3.63, 3.8) is 0 Å². The lowest BCUT2D eigenvalue weighted by Crippen LogP contribution is -2.39. The van der Waals surface area contributed by atoms with Crippen LogP contribution >= 0.6 is 0 Å². The number of carbonyl (C=O) groups is 2. The molecule has 1 aliphatic carbocycles. The van der Waals surface area contributed by atoms with Crippen molar-refractivity contribution < 1.29 is 19.1 Å². The Morgan fingerprint density at radius 3 is 2.61 bits per heavy atom. The van der Waals surface area contributed by atoms with E-state index in [9.17, 15) is 9.59 Å². The third-order valence-electron chi connectivity index (χ3n) is 6.61. The Hall–Kier alpha value is -2.40. The molecule has 0 radical (unpaired) electrons. The fourth-order valence-electron chi connectivity index (χ4n) is 5.01. The highest BCUT2D eigenvalue weighted by atomic mass is 16.6. The van der Waals surface area contributed by atoms with Crippen molar-refractivity contribution >= 4 is 11.8 Å². The van der Waals surface area contributed by atoms with Crippen LogP contribution in [0.25, 0.3) is 0 Å². The zero-order chi connectivity index (χ0) is 22.2. The summed E-state index contributed by atoms with van der Waals surface area (Å²) in [4.78, 5) is 26.6. The average Bonchev–Trinajstić information content (AvgIpc) is 3.24. The van der Waals surface area contributed by atoms with Gasteiger partial charge in [0.25, 0.3) is 0 Å². The molecule has 1 aromatic rings. The first kappa shape index (κ1) is 21.8. The van der Waals surface area contributed by atoms with Gasteiger partial charge in [0.1, 0.15) is 6.61 Å².